The van der Waals surface area contributed by atoms with Gasteiger partial charge in [0, 0.05) is 81.6 Å². The fourth-order valence-electron chi connectivity index (χ4n) is 6.07. The maximum absolute atomic E-state index is 11.8. The average Bonchev–Trinajstić information content (AvgIpc) is 3.06. The number of nitrogens with zero attached hydrogens (tertiary/aromatic N) is 6. The fraction of sp³-hybridized carbons (Fsp3) is 0.484. The van der Waals surface area contributed by atoms with E-state index in [1.54, 1.807) is 31.5 Å². The van der Waals surface area contributed by atoms with Crippen LogP contribution in [0.1, 0.15) is 25.3 Å². The van der Waals surface area contributed by atoms with Crippen LogP contribution in [0.2, 0.25) is 0 Å². The van der Waals surface area contributed by atoms with Crippen LogP contribution in [0.3, 0.4) is 0 Å². The number of rotatable bonds is 11. The van der Waals surface area contributed by atoms with Crippen molar-refractivity contribution in [1.82, 2.24) is 19.8 Å². The zero-order chi connectivity index (χ0) is 32.1. The van der Waals surface area contributed by atoms with Gasteiger partial charge in [-0.2, -0.15) is 4.98 Å². The summed E-state index contributed by atoms with van der Waals surface area (Å²) in [6, 6.07) is 10.1. The molecule has 0 saturated carbocycles. The molecule has 2 N–H and O–H groups in total. The third kappa shape index (κ3) is 7.63. The molecule has 0 spiro atoms. The van der Waals surface area contributed by atoms with Gasteiger partial charge in [-0.3, -0.25) is 9.11 Å². The van der Waals surface area contributed by atoms with Gasteiger partial charge in [-0.05, 0) is 66.0 Å². The zero-order valence-corrected chi connectivity index (χ0v) is 28.9. The Kier molecular flexibility index (Phi) is 11.0. The first kappa shape index (κ1) is 33.2. The molecule has 2 fully saturated rings. The summed E-state index contributed by atoms with van der Waals surface area (Å²) in [6.45, 7) is 8.82. The fourth-order valence-corrected chi connectivity index (χ4v) is 6.69. The van der Waals surface area contributed by atoms with Crippen molar-refractivity contribution in [2.24, 2.45) is 0 Å². The van der Waals surface area contributed by atoms with Crippen molar-refractivity contribution < 1.29 is 18.2 Å². The molecule has 2 aromatic carbocycles. The molecule has 2 aliphatic rings. The summed E-state index contributed by atoms with van der Waals surface area (Å²) in [5.74, 6) is 1.91. The summed E-state index contributed by atoms with van der Waals surface area (Å²) in [5.41, 5.74) is 4.05. The Bertz CT molecular complexity index is 1500. The number of piperazine rings is 1. The smallest absolute Gasteiger partial charge is 0.229 e. The van der Waals surface area contributed by atoms with Crippen LogP contribution in [0.15, 0.2) is 41.0 Å². The summed E-state index contributed by atoms with van der Waals surface area (Å²) in [6.07, 6.45) is 4.83. The van der Waals surface area contributed by atoms with Crippen LogP contribution in [-0.2, 0) is 17.7 Å². The van der Waals surface area contributed by atoms with Gasteiger partial charge in [0.2, 0.25) is 5.95 Å². The molecule has 45 heavy (non-hydrogen) atoms. The van der Waals surface area contributed by atoms with Crippen LogP contribution < -0.4 is 29.3 Å². The van der Waals surface area contributed by atoms with Gasteiger partial charge in [0.05, 0.1) is 30.1 Å². The topological polar surface area (TPSA) is 121 Å². The molecule has 0 radical (unpaired) electrons. The summed E-state index contributed by atoms with van der Waals surface area (Å²) >= 11 is 1.01. The standard InChI is InChI=1S/C31H43BrN8O4S/c1-6-21-18-25(28(44-5)19-26(21)40-12-10-22(11-13-40)39-16-14-37(2)15-17-39)35-31-33-20-23(32)30(36-31)34-24-8-7-9-27(43-4)29(24)38(3)45(41)42/h7-9,18-20,22H,6,10-17H2,1-5H3,(H,41,42)(H2,33,34,35,36)/p-1. The summed E-state index contributed by atoms with van der Waals surface area (Å²) in [7, 11) is 6.82. The van der Waals surface area contributed by atoms with Gasteiger partial charge in [-0.15, -0.1) is 0 Å². The Labute approximate surface area is 276 Å². The first-order chi connectivity index (χ1) is 21.7. The van der Waals surface area contributed by atoms with Crippen LogP contribution in [-0.4, -0.2) is 102 Å². The lowest BCUT2D eigenvalue weighted by Gasteiger charge is -2.43. The minimum atomic E-state index is -2.51. The van der Waals surface area contributed by atoms with E-state index < -0.39 is 11.3 Å². The minimum absolute atomic E-state index is 0.353. The molecule has 3 heterocycles. The third-order valence-corrected chi connectivity index (χ3v) is 9.85. The molecule has 1 atom stereocenters. The predicted molar refractivity (Wildman–Crippen MR) is 183 cm³/mol. The maximum atomic E-state index is 11.8. The molecule has 0 aliphatic carbocycles. The van der Waals surface area contributed by atoms with Crippen molar-refractivity contribution in [3.8, 4) is 11.5 Å². The van der Waals surface area contributed by atoms with Crippen LogP contribution in [0.25, 0.3) is 0 Å². The quantitative estimate of drug-likeness (QED) is 0.270. The largest absolute Gasteiger partial charge is 0.755 e. The van der Waals surface area contributed by atoms with E-state index in [9.17, 15) is 8.76 Å². The van der Waals surface area contributed by atoms with Gasteiger partial charge in [-0.25, -0.2) is 4.98 Å². The van der Waals surface area contributed by atoms with Gasteiger partial charge < -0.3 is 38.8 Å². The Morgan fingerprint density at radius 2 is 1.76 bits per heavy atom. The van der Waals surface area contributed by atoms with E-state index in [1.807, 2.05) is 0 Å². The summed E-state index contributed by atoms with van der Waals surface area (Å²) in [5, 5.41) is 6.58. The molecule has 1 aromatic heterocycles. The Morgan fingerprint density at radius 1 is 1.04 bits per heavy atom. The van der Waals surface area contributed by atoms with Gasteiger partial charge in [0.25, 0.3) is 0 Å². The zero-order valence-electron chi connectivity index (χ0n) is 26.5. The summed E-state index contributed by atoms with van der Waals surface area (Å²) < 4.78 is 36.6. The molecule has 1 unspecified atom stereocenters. The number of piperidine rings is 1. The van der Waals surface area contributed by atoms with Crippen molar-refractivity contribution in [3.63, 3.8) is 0 Å². The number of hydrogen-bond acceptors (Lipinski definition) is 11. The second-order valence-corrected chi connectivity index (χ2v) is 13.1. The highest BCUT2D eigenvalue weighted by molar-refractivity contribution is 9.10. The van der Waals surface area contributed by atoms with Gasteiger partial charge in [-0.1, -0.05) is 13.0 Å². The number of likely N-dealkylation sites (N-methyl/N-ethyl adjacent to an activating group) is 1. The van der Waals surface area contributed by atoms with Crippen LogP contribution in [0.5, 0.6) is 11.5 Å². The maximum Gasteiger partial charge on any atom is 0.229 e. The van der Waals surface area contributed by atoms with Crippen molar-refractivity contribution in [2.75, 3.05) is 87.4 Å². The average molecular weight is 703 g/mol. The predicted octanol–water partition coefficient (Wildman–Crippen LogP) is 4.75. The highest BCUT2D eigenvalue weighted by Gasteiger charge is 2.28. The Hall–Kier alpha value is -3.17. The van der Waals surface area contributed by atoms with Gasteiger partial charge >= 0.3 is 0 Å². The number of aryl methyl sites for hydroxylation is 1. The van der Waals surface area contributed by atoms with Crippen molar-refractivity contribution in [3.05, 3.63) is 46.6 Å². The molecule has 3 aromatic rings. The second-order valence-electron chi connectivity index (χ2n) is 11.3. The number of halogens is 1. The molecule has 14 heteroatoms. The molecule has 12 nitrogen and oxygen atoms in total. The van der Waals surface area contributed by atoms with E-state index in [0.29, 0.717) is 45.2 Å². The highest BCUT2D eigenvalue weighted by Crippen LogP contribution is 2.40. The van der Waals surface area contributed by atoms with Crippen molar-refractivity contribution >= 4 is 61.7 Å². The number of hydrogen-bond donors (Lipinski definition) is 2. The van der Waals surface area contributed by atoms with E-state index in [0.717, 1.165) is 68.5 Å². The van der Waals surface area contributed by atoms with E-state index >= 15 is 0 Å². The summed E-state index contributed by atoms with van der Waals surface area (Å²) in [4.78, 5) is 16.8. The van der Waals surface area contributed by atoms with Crippen LogP contribution in [0.4, 0.5) is 34.5 Å². The lowest BCUT2D eigenvalue weighted by molar-refractivity contribution is 0.0982. The third-order valence-electron chi connectivity index (χ3n) is 8.64. The first-order valence-corrected chi connectivity index (χ1v) is 17.0. The molecule has 2 saturated heterocycles. The number of para-hydroxylation sites is 1. The van der Waals surface area contributed by atoms with E-state index in [1.165, 1.54) is 25.4 Å². The lowest BCUT2D eigenvalue weighted by atomic mass is 9.99. The molecule has 0 bridgehead atoms. The molecular weight excluding hydrogens is 660 g/mol. The van der Waals surface area contributed by atoms with Gasteiger partial charge in [0.1, 0.15) is 23.0 Å². The Morgan fingerprint density at radius 3 is 2.40 bits per heavy atom. The SMILES string of the molecule is CCc1cc(Nc2ncc(Br)c(Nc3cccc(OC)c3N(C)S(=O)[O-])n2)c(OC)cc1N1CCC(N2CCN(C)CC2)CC1. The number of aromatic nitrogens is 2. The van der Waals surface area contributed by atoms with E-state index in [-0.39, 0.29) is 0 Å². The number of ether oxygens (including phenoxy) is 2. The lowest BCUT2D eigenvalue weighted by Crippen LogP contribution is -2.52. The molecule has 5 rings (SSSR count). The number of benzene rings is 2. The van der Waals surface area contributed by atoms with Crippen LogP contribution >= 0.6 is 15.9 Å². The number of anilines is 6. The normalized spacial score (nSPS) is 17.2. The van der Waals surface area contributed by atoms with Gasteiger partial charge in [0.15, 0.2) is 0 Å². The second kappa shape index (κ2) is 14.9. The number of methoxy groups -OCH3 is 2. The Balaban J connectivity index is 1.35. The van der Waals surface area contributed by atoms with E-state index in [2.05, 4.69) is 72.4 Å². The molecular formula is C31H42BrN8O4S-. The molecule has 2 aliphatic heterocycles. The first-order valence-electron chi connectivity index (χ1n) is 15.2. The minimum Gasteiger partial charge on any atom is -0.755 e. The number of nitrogens with one attached hydrogen (secondary N) is 2. The van der Waals surface area contributed by atoms with Crippen LogP contribution in [0, 0.1) is 0 Å². The monoisotopic (exact) mass is 701 g/mol. The highest BCUT2D eigenvalue weighted by atomic mass is 79.9. The van der Waals surface area contributed by atoms with Crippen molar-refractivity contribution in [1.29, 1.82) is 0 Å². The molecule has 244 valence electrons. The van der Waals surface area contributed by atoms with Crippen molar-refractivity contribution in [2.45, 2.75) is 32.2 Å². The van der Waals surface area contributed by atoms with E-state index in [4.69, 9.17) is 14.5 Å². The molecule has 0 amide bonds.